The fourth-order valence-corrected chi connectivity index (χ4v) is 0.946. The molecule has 1 aromatic rings. The monoisotopic (exact) mass is 203 g/mol. The van der Waals surface area contributed by atoms with Crippen LogP contribution in [0.5, 0.6) is 0 Å². The van der Waals surface area contributed by atoms with E-state index < -0.39 is 18.4 Å². The maximum absolute atomic E-state index is 11.8. The van der Waals surface area contributed by atoms with Gasteiger partial charge in [-0.25, -0.2) is 0 Å². The summed E-state index contributed by atoms with van der Waals surface area (Å²) in [5.74, 6) is -1.69. The van der Waals surface area contributed by atoms with Crippen molar-refractivity contribution in [3.05, 3.63) is 30.1 Å². The second-order valence-corrected chi connectivity index (χ2v) is 2.78. The summed E-state index contributed by atoms with van der Waals surface area (Å²) >= 11 is 0. The molecule has 0 N–H and O–H groups in total. The molecular weight excluding hydrogens is 195 g/mol. The van der Waals surface area contributed by atoms with Crippen LogP contribution in [0, 0.1) is 0 Å². The lowest BCUT2D eigenvalue weighted by Crippen LogP contribution is -2.22. The van der Waals surface area contributed by atoms with Crippen LogP contribution in [0.25, 0.3) is 0 Å². The van der Waals surface area contributed by atoms with E-state index >= 15 is 0 Å². The van der Waals surface area contributed by atoms with E-state index in [4.69, 9.17) is 0 Å². The van der Waals surface area contributed by atoms with E-state index in [1.54, 1.807) is 12.1 Å². The number of halogens is 3. The molecule has 0 aliphatic heterocycles. The van der Waals surface area contributed by atoms with E-state index in [9.17, 15) is 18.0 Å². The minimum absolute atomic E-state index is 0.0756. The lowest BCUT2D eigenvalue weighted by atomic mass is 10.1. The Morgan fingerprint density at radius 1 is 1.43 bits per heavy atom. The predicted octanol–water partition coefficient (Wildman–Crippen LogP) is 2.15. The molecule has 0 aromatic carbocycles. The Morgan fingerprint density at radius 2 is 2.14 bits per heavy atom. The summed E-state index contributed by atoms with van der Waals surface area (Å²) < 4.78 is 35.4. The van der Waals surface area contributed by atoms with Gasteiger partial charge in [-0.1, -0.05) is 6.07 Å². The molecule has 0 spiro atoms. The number of carbonyl (C=O) groups is 1. The molecule has 0 saturated carbocycles. The van der Waals surface area contributed by atoms with Crippen molar-refractivity contribution in [3.8, 4) is 0 Å². The minimum Gasteiger partial charge on any atom is -0.290 e. The number of Topliss-reactive ketones (excluding diaryl/α,β-unsaturated/α-hetero) is 1. The second kappa shape index (κ2) is 4.21. The normalized spacial score (nSPS) is 11.4. The fourth-order valence-electron chi connectivity index (χ4n) is 0.946. The lowest BCUT2D eigenvalue weighted by molar-refractivity contribution is -0.171. The van der Waals surface area contributed by atoms with Crippen molar-refractivity contribution in [1.82, 2.24) is 4.98 Å². The third kappa shape index (κ3) is 3.16. The highest BCUT2D eigenvalue weighted by atomic mass is 19.4. The van der Waals surface area contributed by atoms with E-state index in [0.29, 0.717) is 5.56 Å². The van der Waals surface area contributed by atoms with Gasteiger partial charge in [0.15, 0.2) is 0 Å². The molecule has 0 amide bonds. The van der Waals surface area contributed by atoms with Gasteiger partial charge in [-0.2, -0.15) is 13.2 Å². The molecule has 1 heterocycles. The van der Waals surface area contributed by atoms with Crippen molar-refractivity contribution < 1.29 is 18.0 Å². The van der Waals surface area contributed by atoms with Gasteiger partial charge in [0.05, 0.1) is 0 Å². The van der Waals surface area contributed by atoms with E-state index in [-0.39, 0.29) is 6.42 Å². The Morgan fingerprint density at radius 3 is 2.64 bits per heavy atom. The SMILES string of the molecule is O=C(CCc1cccnc1)C(F)(F)F. The van der Waals surface area contributed by atoms with Crippen molar-refractivity contribution in [1.29, 1.82) is 0 Å². The number of carbonyl (C=O) groups excluding carboxylic acids is 1. The van der Waals surface area contributed by atoms with E-state index in [1.165, 1.54) is 12.4 Å². The smallest absolute Gasteiger partial charge is 0.290 e. The van der Waals surface area contributed by atoms with Crippen molar-refractivity contribution >= 4 is 5.78 Å². The van der Waals surface area contributed by atoms with Crippen LogP contribution in [-0.2, 0) is 11.2 Å². The highest BCUT2D eigenvalue weighted by Gasteiger charge is 2.37. The molecule has 1 rings (SSSR count). The van der Waals surface area contributed by atoms with Crippen molar-refractivity contribution in [2.75, 3.05) is 0 Å². The Kier molecular flexibility index (Phi) is 3.22. The van der Waals surface area contributed by atoms with Crippen LogP contribution in [-0.4, -0.2) is 16.9 Å². The minimum atomic E-state index is -4.72. The molecule has 76 valence electrons. The Bertz CT molecular complexity index is 308. The third-order valence-electron chi connectivity index (χ3n) is 1.68. The largest absolute Gasteiger partial charge is 0.449 e. The number of pyridine rings is 1. The standard InChI is InChI=1S/C9H8F3NO/c10-9(11,12)8(14)4-3-7-2-1-5-13-6-7/h1-2,5-6H,3-4H2. The molecule has 0 aliphatic carbocycles. The van der Waals surface area contributed by atoms with Crippen molar-refractivity contribution in [2.24, 2.45) is 0 Å². The molecule has 1 aromatic heterocycles. The molecule has 0 aliphatic rings. The number of alkyl halides is 3. The summed E-state index contributed by atoms with van der Waals surface area (Å²) in [5, 5.41) is 0. The van der Waals surface area contributed by atoms with Crippen LogP contribution in [0.3, 0.4) is 0 Å². The number of rotatable bonds is 3. The van der Waals surface area contributed by atoms with Gasteiger partial charge in [0.2, 0.25) is 5.78 Å². The van der Waals surface area contributed by atoms with Crippen LogP contribution in [0.4, 0.5) is 13.2 Å². The zero-order valence-corrected chi connectivity index (χ0v) is 7.21. The highest BCUT2D eigenvalue weighted by molar-refractivity contribution is 5.84. The summed E-state index contributed by atoms with van der Waals surface area (Å²) in [7, 11) is 0. The van der Waals surface area contributed by atoms with Gasteiger partial charge < -0.3 is 0 Å². The van der Waals surface area contributed by atoms with Crippen LogP contribution < -0.4 is 0 Å². The van der Waals surface area contributed by atoms with Gasteiger partial charge >= 0.3 is 6.18 Å². The maximum atomic E-state index is 11.8. The van der Waals surface area contributed by atoms with Gasteiger partial charge in [0.1, 0.15) is 0 Å². The average Bonchev–Trinajstić information content (AvgIpc) is 2.14. The first-order valence-corrected chi connectivity index (χ1v) is 3.99. The third-order valence-corrected chi connectivity index (χ3v) is 1.68. The number of aromatic nitrogens is 1. The fraction of sp³-hybridized carbons (Fsp3) is 0.333. The number of ketones is 1. The number of hydrogen-bond donors (Lipinski definition) is 0. The van der Waals surface area contributed by atoms with Gasteiger partial charge in [-0.05, 0) is 18.1 Å². The van der Waals surface area contributed by atoms with Gasteiger partial charge in [-0.15, -0.1) is 0 Å². The van der Waals surface area contributed by atoms with Crippen molar-refractivity contribution in [3.63, 3.8) is 0 Å². The van der Waals surface area contributed by atoms with Crippen LogP contribution in [0.2, 0.25) is 0 Å². The van der Waals surface area contributed by atoms with Gasteiger partial charge in [-0.3, -0.25) is 9.78 Å². The molecule has 0 saturated heterocycles. The molecule has 14 heavy (non-hydrogen) atoms. The second-order valence-electron chi connectivity index (χ2n) is 2.78. The van der Waals surface area contributed by atoms with Gasteiger partial charge in [0.25, 0.3) is 0 Å². The Hall–Kier alpha value is -1.39. The molecule has 2 nitrogen and oxygen atoms in total. The molecule has 5 heteroatoms. The van der Waals surface area contributed by atoms with Crippen molar-refractivity contribution in [2.45, 2.75) is 19.0 Å². The molecule has 0 atom stereocenters. The zero-order chi connectivity index (χ0) is 10.6. The van der Waals surface area contributed by atoms with E-state index in [1.807, 2.05) is 0 Å². The van der Waals surface area contributed by atoms with E-state index in [2.05, 4.69) is 4.98 Å². The topological polar surface area (TPSA) is 30.0 Å². The summed E-state index contributed by atoms with van der Waals surface area (Å²) in [6.07, 6.45) is -2.19. The number of aryl methyl sites for hydroxylation is 1. The molecule has 0 unspecified atom stereocenters. The maximum Gasteiger partial charge on any atom is 0.449 e. The summed E-state index contributed by atoms with van der Waals surface area (Å²) in [6, 6.07) is 3.25. The summed E-state index contributed by atoms with van der Waals surface area (Å²) in [4.78, 5) is 14.2. The van der Waals surface area contributed by atoms with Crippen LogP contribution in [0.15, 0.2) is 24.5 Å². The summed E-state index contributed by atoms with van der Waals surface area (Å²) in [5.41, 5.74) is 0.630. The first-order valence-electron chi connectivity index (χ1n) is 3.99. The Balaban J connectivity index is 2.46. The molecule has 0 bridgehead atoms. The highest BCUT2D eigenvalue weighted by Crippen LogP contribution is 2.18. The molecule has 0 radical (unpaired) electrons. The lowest BCUT2D eigenvalue weighted by Gasteiger charge is -2.04. The van der Waals surface area contributed by atoms with Gasteiger partial charge in [0, 0.05) is 18.8 Å². The zero-order valence-electron chi connectivity index (χ0n) is 7.21. The first kappa shape index (κ1) is 10.7. The number of nitrogens with zero attached hydrogens (tertiary/aromatic N) is 1. The predicted molar refractivity (Wildman–Crippen MR) is 43.6 cm³/mol. The molecule has 0 fully saturated rings. The Labute approximate surface area is 78.8 Å². The summed E-state index contributed by atoms with van der Waals surface area (Å²) in [6.45, 7) is 0. The van der Waals surface area contributed by atoms with E-state index in [0.717, 1.165) is 0 Å². The first-order chi connectivity index (χ1) is 6.50. The quantitative estimate of drug-likeness (QED) is 0.753. The van der Waals surface area contributed by atoms with Crippen LogP contribution in [0.1, 0.15) is 12.0 Å². The molecular formula is C9H8F3NO. The average molecular weight is 203 g/mol. The number of hydrogen-bond acceptors (Lipinski definition) is 2. The van der Waals surface area contributed by atoms with Crippen LogP contribution >= 0.6 is 0 Å².